The molecule has 1 aromatic carbocycles. The minimum atomic E-state index is -0.528. The molecule has 0 fully saturated rings. The Hall–Kier alpha value is -1.61. The molecule has 0 bridgehead atoms. The lowest BCUT2D eigenvalue weighted by molar-refractivity contribution is -0.132. The van der Waals surface area contributed by atoms with Gasteiger partial charge in [0.1, 0.15) is 5.60 Å². The fourth-order valence-electron chi connectivity index (χ4n) is 2.62. The molecule has 0 saturated heterocycles. The van der Waals surface area contributed by atoms with Crippen molar-refractivity contribution >= 4 is 11.6 Å². The molecule has 0 radical (unpaired) electrons. The Morgan fingerprint density at radius 1 is 1.38 bits per heavy atom. The predicted molar refractivity (Wildman–Crippen MR) is 61.2 cm³/mol. The van der Waals surface area contributed by atoms with Crippen molar-refractivity contribution in [2.45, 2.75) is 5.60 Å². The number of nitrogens with zero attached hydrogens (tertiary/aromatic N) is 1. The molecule has 1 heterocycles. The van der Waals surface area contributed by atoms with Crippen molar-refractivity contribution in [1.29, 1.82) is 0 Å². The molecule has 0 saturated carbocycles. The smallest absolute Gasteiger partial charge is 0.237 e. The van der Waals surface area contributed by atoms with Crippen LogP contribution < -0.4 is 4.90 Å². The summed E-state index contributed by atoms with van der Waals surface area (Å²) >= 11 is 0. The Bertz CT molecular complexity index is 494. The topological polar surface area (TPSA) is 29.5 Å². The molecule has 3 rings (SSSR count). The summed E-state index contributed by atoms with van der Waals surface area (Å²) in [5, 5.41) is 0. The maximum Gasteiger partial charge on any atom is 0.237 e. The van der Waals surface area contributed by atoms with Crippen LogP contribution in [0.1, 0.15) is 5.56 Å². The number of hydrogen-bond acceptors (Lipinski definition) is 2. The van der Waals surface area contributed by atoms with Gasteiger partial charge in [0.15, 0.2) is 0 Å². The van der Waals surface area contributed by atoms with E-state index in [0.29, 0.717) is 0 Å². The Kier molecular flexibility index (Phi) is 1.77. The zero-order valence-electron chi connectivity index (χ0n) is 9.31. The lowest BCUT2D eigenvalue weighted by Gasteiger charge is -2.48. The van der Waals surface area contributed by atoms with Gasteiger partial charge in [0.05, 0.1) is 5.92 Å². The van der Waals surface area contributed by atoms with Gasteiger partial charge in [0.2, 0.25) is 5.91 Å². The van der Waals surface area contributed by atoms with Gasteiger partial charge in [-0.05, 0) is 6.07 Å². The minimum absolute atomic E-state index is 0.100. The van der Waals surface area contributed by atoms with Crippen LogP contribution in [0.4, 0.5) is 5.69 Å². The highest BCUT2D eigenvalue weighted by Gasteiger charge is 2.53. The monoisotopic (exact) mass is 215 g/mol. The van der Waals surface area contributed by atoms with Crippen molar-refractivity contribution in [1.82, 2.24) is 0 Å². The summed E-state index contributed by atoms with van der Waals surface area (Å²) in [4.78, 5) is 13.8. The van der Waals surface area contributed by atoms with Crippen LogP contribution in [-0.4, -0.2) is 20.1 Å². The summed E-state index contributed by atoms with van der Waals surface area (Å²) in [7, 11) is 3.47. The third-order valence-electron chi connectivity index (χ3n) is 3.62. The minimum Gasteiger partial charge on any atom is -0.368 e. The molecule has 2 atom stereocenters. The molecule has 82 valence electrons. The van der Waals surface area contributed by atoms with Crippen molar-refractivity contribution in [2.24, 2.45) is 5.92 Å². The lowest BCUT2D eigenvalue weighted by Crippen LogP contribution is -2.54. The Balaban J connectivity index is 2.27. The molecule has 16 heavy (non-hydrogen) atoms. The summed E-state index contributed by atoms with van der Waals surface area (Å²) in [5.74, 6) is -0.0690. The fourth-order valence-corrected chi connectivity index (χ4v) is 2.62. The molecule has 1 aliphatic heterocycles. The van der Waals surface area contributed by atoms with Gasteiger partial charge in [-0.15, -0.1) is 0 Å². The molecule has 3 nitrogen and oxygen atoms in total. The molecule has 2 unspecified atom stereocenters. The van der Waals surface area contributed by atoms with E-state index in [1.54, 1.807) is 12.0 Å². The van der Waals surface area contributed by atoms with Crippen molar-refractivity contribution in [3.8, 4) is 0 Å². The van der Waals surface area contributed by atoms with E-state index in [1.165, 1.54) is 0 Å². The number of rotatable bonds is 1. The van der Waals surface area contributed by atoms with Crippen molar-refractivity contribution in [2.75, 3.05) is 19.1 Å². The van der Waals surface area contributed by atoms with E-state index in [2.05, 4.69) is 0 Å². The Labute approximate surface area is 94.3 Å². The third kappa shape index (κ3) is 0.895. The lowest BCUT2D eigenvalue weighted by atomic mass is 9.69. The molecule has 1 aliphatic carbocycles. The molecular weight excluding hydrogens is 202 g/mol. The van der Waals surface area contributed by atoms with Crippen molar-refractivity contribution < 1.29 is 9.53 Å². The van der Waals surface area contributed by atoms with E-state index >= 15 is 0 Å². The van der Waals surface area contributed by atoms with Gasteiger partial charge in [-0.3, -0.25) is 4.79 Å². The number of benzene rings is 1. The molecule has 1 aromatic rings. The normalized spacial score (nSPS) is 30.8. The standard InChI is InChI=1S/C13H13NO2/c1-14-11-6-4-3-5-9(11)13(16-2)8-7-10(13)12(14)15/h3-8,10H,1-2H3. The highest BCUT2D eigenvalue weighted by molar-refractivity contribution is 6.01. The van der Waals surface area contributed by atoms with Crippen LogP contribution in [0.3, 0.4) is 0 Å². The fraction of sp³-hybridized carbons (Fsp3) is 0.308. The molecule has 0 aromatic heterocycles. The number of ether oxygens (including phenoxy) is 1. The summed E-state index contributed by atoms with van der Waals surface area (Å²) in [6.07, 6.45) is 3.89. The van der Waals surface area contributed by atoms with Crippen LogP contribution in [0, 0.1) is 5.92 Å². The summed E-state index contributed by atoms with van der Waals surface area (Å²) < 4.78 is 5.59. The second kappa shape index (κ2) is 2.95. The number of amides is 1. The van der Waals surface area contributed by atoms with E-state index in [-0.39, 0.29) is 11.8 Å². The SMILES string of the molecule is COC12C=CC1C(=O)N(C)c1ccccc12. The number of carbonyl (C=O) groups excluding carboxylic acids is 1. The number of methoxy groups -OCH3 is 1. The number of anilines is 1. The quantitative estimate of drug-likeness (QED) is 0.667. The second-order valence-corrected chi connectivity index (χ2v) is 4.25. The predicted octanol–water partition coefficient (Wildman–Crippen LogP) is 1.69. The zero-order valence-corrected chi connectivity index (χ0v) is 9.31. The first-order valence-corrected chi connectivity index (χ1v) is 5.32. The van der Waals surface area contributed by atoms with Crippen LogP contribution in [0.25, 0.3) is 0 Å². The summed E-state index contributed by atoms with van der Waals surface area (Å²) in [5.41, 5.74) is 1.49. The van der Waals surface area contributed by atoms with Crippen LogP contribution in [-0.2, 0) is 15.1 Å². The zero-order chi connectivity index (χ0) is 11.3. The third-order valence-corrected chi connectivity index (χ3v) is 3.62. The van der Waals surface area contributed by atoms with Gasteiger partial charge >= 0.3 is 0 Å². The first kappa shape index (κ1) is 9.60. The average Bonchev–Trinajstić information content (AvgIpc) is 2.27. The first-order valence-electron chi connectivity index (χ1n) is 5.32. The number of fused-ring (bicyclic) bond motifs is 3. The van der Waals surface area contributed by atoms with Crippen LogP contribution in [0.15, 0.2) is 36.4 Å². The van der Waals surface area contributed by atoms with E-state index in [4.69, 9.17) is 4.74 Å². The van der Waals surface area contributed by atoms with E-state index in [0.717, 1.165) is 11.3 Å². The van der Waals surface area contributed by atoms with Gasteiger partial charge in [-0.2, -0.15) is 0 Å². The highest BCUT2D eigenvalue weighted by Crippen LogP contribution is 2.50. The van der Waals surface area contributed by atoms with Crippen LogP contribution in [0.2, 0.25) is 0 Å². The maximum atomic E-state index is 12.1. The largest absolute Gasteiger partial charge is 0.368 e. The molecule has 2 aliphatic rings. The van der Waals surface area contributed by atoms with Crippen molar-refractivity contribution in [3.05, 3.63) is 42.0 Å². The van der Waals surface area contributed by atoms with Crippen molar-refractivity contribution in [3.63, 3.8) is 0 Å². The molecular formula is C13H13NO2. The molecule has 1 amide bonds. The maximum absolute atomic E-state index is 12.1. The highest BCUT2D eigenvalue weighted by atomic mass is 16.5. The van der Waals surface area contributed by atoms with Gasteiger partial charge < -0.3 is 9.64 Å². The Morgan fingerprint density at radius 2 is 2.12 bits per heavy atom. The summed E-state index contributed by atoms with van der Waals surface area (Å²) in [6, 6.07) is 7.90. The van der Waals surface area contributed by atoms with Crippen LogP contribution in [0.5, 0.6) is 0 Å². The molecule has 0 spiro atoms. The summed E-state index contributed by atoms with van der Waals surface area (Å²) in [6.45, 7) is 0. The van der Waals surface area contributed by atoms with Gasteiger partial charge in [0, 0.05) is 25.4 Å². The Morgan fingerprint density at radius 3 is 2.75 bits per heavy atom. The molecule has 3 heteroatoms. The first-order chi connectivity index (χ1) is 7.70. The van der Waals surface area contributed by atoms with Crippen LogP contribution >= 0.6 is 0 Å². The number of para-hydroxylation sites is 1. The molecule has 0 N–H and O–H groups in total. The van der Waals surface area contributed by atoms with E-state index in [9.17, 15) is 4.79 Å². The second-order valence-electron chi connectivity index (χ2n) is 4.25. The van der Waals surface area contributed by atoms with Gasteiger partial charge in [-0.1, -0.05) is 30.4 Å². The van der Waals surface area contributed by atoms with Gasteiger partial charge in [0.25, 0.3) is 0 Å². The van der Waals surface area contributed by atoms with E-state index in [1.807, 2.05) is 43.5 Å². The average molecular weight is 215 g/mol. The number of hydrogen-bond donors (Lipinski definition) is 0. The van der Waals surface area contributed by atoms with Gasteiger partial charge in [-0.25, -0.2) is 0 Å². The number of carbonyl (C=O) groups is 1. The van der Waals surface area contributed by atoms with E-state index < -0.39 is 5.60 Å².